The minimum atomic E-state index is -0.549. The number of rotatable bonds is 6. The number of halogens is 2. The van der Waals surface area contributed by atoms with E-state index in [0.29, 0.717) is 5.69 Å². The number of benzene rings is 1. The Morgan fingerprint density at radius 2 is 1.96 bits per heavy atom. The molecule has 0 radical (unpaired) electrons. The summed E-state index contributed by atoms with van der Waals surface area (Å²) in [5, 5.41) is 5.57. The zero-order chi connectivity index (χ0) is 20.4. The van der Waals surface area contributed by atoms with Gasteiger partial charge in [-0.2, -0.15) is 0 Å². The molecule has 0 aliphatic heterocycles. The second kappa shape index (κ2) is 8.53. The molecule has 1 aliphatic rings. The van der Waals surface area contributed by atoms with Crippen LogP contribution in [0.4, 0.5) is 10.5 Å². The number of anilines is 1. The second-order valence-electron chi connectivity index (χ2n) is 7.61. The van der Waals surface area contributed by atoms with Crippen molar-refractivity contribution in [1.82, 2.24) is 5.32 Å². The van der Waals surface area contributed by atoms with Gasteiger partial charge in [0.15, 0.2) is 0 Å². The molecule has 5 nitrogen and oxygen atoms in total. The maximum absolute atomic E-state index is 12.4. The molecule has 0 unspecified atom stereocenters. The van der Waals surface area contributed by atoms with Crippen molar-refractivity contribution in [1.29, 1.82) is 0 Å². The lowest BCUT2D eigenvalue weighted by molar-refractivity contribution is -0.123. The average molecular weight is 413 g/mol. The fourth-order valence-electron chi connectivity index (χ4n) is 3.23. The fourth-order valence-corrected chi connectivity index (χ4v) is 3.50. The topological polar surface area (TPSA) is 67.4 Å². The van der Waals surface area contributed by atoms with E-state index >= 15 is 0 Å². The van der Waals surface area contributed by atoms with E-state index in [1.165, 1.54) is 0 Å². The van der Waals surface area contributed by atoms with Gasteiger partial charge in [-0.3, -0.25) is 10.1 Å². The quantitative estimate of drug-likeness (QED) is 0.694. The summed E-state index contributed by atoms with van der Waals surface area (Å²) in [5.74, 6) is -0.284. The van der Waals surface area contributed by atoms with Gasteiger partial charge in [-0.15, -0.1) is 0 Å². The highest BCUT2D eigenvalue weighted by atomic mass is 35.5. The summed E-state index contributed by atoms with van der Waals surface area (Å²) in [6, 6.07) is 5.67. The Morgan fingerprint density at radius 3 is 2.59 bits per heavy atom. The summed E-state index contributed by atoms with van der Waals surface area (Å²) in [6.45, 7) is 9.86. The van der Waals surface area contributed by atoms with Crippen LogP contribution in [-0.4, -0.2) is 24.6 Å². The van der Waals surface area contributed by atoms with Crippen LogP contribution >= 0.6 is 23.2 Å². The van der Waals surface area contributed by atoms with Crippen molar-refractivity contribution in [3.63, 3.8) is 0 Å². The van der Waals surface area contributed by atoms with Gasteiger partial charge in [0.2, 0.25) is 5.91 Å². The number of aryl methyl sites for hydroxylation is 1. The Kier molecular flexibility index (Phi) is 6.82. The average Bonchev–Trinajstić information content (AvgIpc) is 3.09. The lowest BCUT2D eigenvalue weighted by Crippen LogP contribution is -2.35. The predicted molar refractivity (Wildman–Crippen MR) is 109 cm³/mol. The standard InChI is InChI=1S/C20H26Cl2N2O3/c1-11-7-6-8-15(13(11)3)24-19(26)27-12(2)10-23-18(25)17-14(9-16(21)22)20(17,4)5/h6-9,12,14,17H,10H2,1-5H3,(H,23,25)(H,24,26)/t12-,14-,17+/m1/s1. The molecule has 1 aromatic rings. The third-order valence-corrected chi connectivity index (χ3v) is 5.46. The number of hydrogen-bond donors (Lipinski definition) is 2. The maximum Gasteiger partial charge on any atom is 0.411 e. The van der Waals surface area contributed by atoms with Crippen molar-refractivity contribution in [2.24, 2.45) is 17.3 Å². The summed E-state index contributed by atoms with van der Waals surface area (Å²) in [4.78, 5) is 24.5. The van der Waals surface area contributed by atoms with E-state index < -0.39 is 12.2 Å². The molecule has 0 spiro atoms. The molecule has 2 amide bonds. The normalized spacial score (nSPS) is 21.0. The Hall–Kier alpha value is -1.72. The van der Waals surface area contributed by atoms with Gasteiger partial charge in [-0.05, 0) is 55.4 Å². The van der Waals surface area contributed by atoms with Crippen LogP contribution in [0.15, 0.2) is 28.8 Å². The van der Waals surface area contributed by atoms with Gasteiger partial charge in [-0.25, -0.2) is 4.79 Å². The van der Waals surface area contributed by atoms with Crippen molar-refractivity contribution in [2.75, 3.05) is 11.9 Å². The molecule has 2 rings (SSSR count). The number of amides is 2. The minimum absolute atomic E-state index is 0.00585. The first-order valence-corrected chi connectivity index (χ1v) is 9.64. The van der Waals surface area contributed by atoms with Gasteiger partial charge < -0.3 is 10.1 Å². The number of allylic oxidation sites excluding steroid dienone is 1. The van der Waals surface area contributed by atoms with Crippen molar-refractivity contribution in [2.45, 2.75) is 40.7 Å². The Balaban J connectivity index is 1.81. The van der Waals surface area contributed by atoms with Crippen LogP contribution in [0.5, 0.6) is 0 Å². The lowest BCUT2D eigenvalue weighted by atomic mass is 10.1. The highest BCUT2D eigenvalue weighted by Crippen LogP contribution is 2.59. The first kappa shape index (κ1) is 21.6. The van der Waals surface area contributed by atoms with Crippen LogP contribution < -0.4 is 10.6 Å². The van der Waals surface area contributed by atoms with Crippen molar-refractivity contribution >= 4 is 40.9 Å². The van der Waals surface area contributed by atoms with Gasteiger partial charge in [-0.1, -0.05) is 49.2 Å². The van der Waals surface area contributed by atoms with E-state index in [1.54, 1.807) is 13.0 Å². The highest BCUT2D eigenvalue weighted by Gasteiger charge is 2.60. The Bertz CT molecular complexity index is 758. The zero-order valence-electron chi connectivity index (χ0n) is 16.2. The molecule has 2 N–H and O–H groups in total. The first-order valence-electron chi connectivity index (χ1n) is 8.88. The van der Waals surface area contributed by atoms with E-state index in [1.807, 2.05) is 45.9 Å². The Labute approximate surface area is 170 Å². The Morgan fingerprint density at radius 1 is 1.30 bits per heavy atom. The largest absolute Gasteiger partial charge is 0.444 e. The SMILES string of the molecule is Cc1cccc(NC(=O)O[C@H](C)CNC(=O)[C@@H]2[C@@H](C=C(Cl)Cl)C2(C)C)c1C. The molecule has 0 saturated heterocycles. The van der Waals surface area contributed by atoms with Crippen molar-refractivity contribution in [3.8, 4) is 0 Å². The molecule has 0 aromatic heterocycles. The third-order valence-electron chi connectivity index (χ3n) is 5.21. The number of hydrogen-bond acceptors (Lipinski definition) is 3. The summed E-state index contributed by atoms with van der Waals surface area (Å²) in [7, 11) is 0. The third kappa shape index (κ3) is 5.39. The smallest absolute Gasteiger partial charge is 0.411 e. The maximum atomic E-state index is 12.4. The van der Waals surface area contributed by atoms with E-state index in [9.17, 15) is 9.59 Å². The molecule has 7 heteroatoms. The van der Waals surface area contributed by atoms with E-state index in [0.717, 1.165) is 11.1 Å². The molecule has 0 heterocycles. The molecular formula is C20H26Cl2N2O3. The monoisotopic (exact) mass is 412 g/mol. The summed E-state index contributed by atoms with van der Waals surface area (Å²) >= 11 is 11.4. The molecule has 1 aromatic carbocycles. The van der Waals surface area contributed by atoms with Crippen LogP contribution in [0.3, 0.4) is 0 Å². The van der Waals surface area contributed by atoms with Crippen LogP contribution in [0, 0.1) is 31.1 Å². The summed E-state index contributed by atoms with van der Waals surface area (Å²) in [5.41, 5.74) is 2.59. The zero-order valence-corrected chi connectivity index (χ0v) is 17.7. The number of carbonyl (C=O) groups excluding carboxylic acids is 2. The summed E-state index contributed by atoms with van der Waals surface area (Å²) in [6.07, 6.45) is 0.684. The molecule has 0 bridgehead atoms. The van der Waals surface area contributed by atoms with E-state index in [-0.39, 0.29) is 34.2 Å². The molecule has 1 fully saturated rings. The molecule has 27 heavy (non-hydrogen) atoms. The van der Waals surface area contributed by atoms with Crippen LogP contribution in [-0.2, 0) is 9.53 Å². The molecule has 3 atom stereocenters. The predicted octanol–water partition coefficient (Wildman–Crippen LogP) is 4.95. The van der Waals surface area contributed by atoms with Crippen LogP contribution in [0.2, 0.25) is 0 Å². The van der Waals surface area contributed by atoms with Gasteiger partial charge >= 0.3 is 6.09 Å². The van der Waals surface area contributed by atoms with Crippen molar-refractivity contribution in [3.05, 3.63) is 39.9 Å². The fraction of sp³-hybridized carbons (Fsp3) is 0.500. The molecule has 1 aliphatic carbocycles. The molecule has 148 valence electrons. The van der Waals surface area contributed by atoms with Gasteiger partial charge in [0, 0.05) is 5.69 Å². The van der Waals surface area contributed by atoms with E-state index in [2.05, 4.69) is 10.6 Å². The molecular weight excluding hydrogens is 387 g/mol. The van der Waals surface area contributed by atoms with Gasteiger partial charge in [0.1, 0.15) is 10.6 Å². The number of nitrogens with one attached hydrogen (secondary N) is 2. The number of ether oxygens (including phenoxy) is 1. The highest BCUT2D eigenvalue weighted by molar-refractivity contribution is 6.55. The second-order valence-corrected chi connectivity index (χ2v) is 8.62. The minimum Gasteiger partial charge on any atom is -0.444 e. The van der Waals surface area contributed by atoms with Gasteiger partial charge in [0.05, 0.1) is 12.5 Å². The summed E-state index contributed by atoms with van der Waals surface area (Å²) < 4.78 is 5.49. The van der Waals surface area contributed by atoms with Crippen LogP contribution in [0.1, 0.15) is 31.9 Å². The number of carbonyl (C=O) groups is 2. The van der Waals surface area contributed by atoms with Crippen molar-refractivity contribution < 1.29 is 14.3 Å². The van der Waals surface area contributed by atoms with E-state index in [4.69, 9.17) is 27.9 Å². The first-order chi connectivity index (χ1) is 12.5. The van der Waals surface area contributed by atoms with Gasteiger partial charge in [0.25, 0.3) is 0 Å². The molecule has 1 saturated carbocycles. The van der Waals surface area contributed by atoms with Crippen LogP contribution in [0.25, 0.3) is 0 Å². The lowest BCUT2D eigenvalue weighted by Gasteiger charge is -2.16.